The van der Waals surface area contributed by atoms with Crippen molar-refractivity contribution >= 4 is 32.2 Å². The van der Waals surface area contributed by atoms with E-state index in [9.17, 15) is 8.42 Å². The van der Waals surface area contributed by atoms with Crippen LogP contribution < -0.4 is 10.0 Å². The monoisotopic (exact) mass is 284 g/mol. The van der Waals surface area contributed by atoms with Crippen LogP contribution in [0.2, 0.25) is 0 Å². The summed E-state index contributed by atoms with van der Waals surface area (Å²) in [4.78, 5) is 0. The van der Waals surface area contributed by atoms with Gasteiger partial charge in [0.05, 0.1) is 5.69 Å². The fourth-order valence-corrected chi connectivity index (χ4v) is 3.47. The molecular formula is C10H12N4O2S2. The molecule has 0 aliphatic heterocycles. The molecular weight excluding hydrogens is 272 g/mol. The Labute approximate surface area is 109 Å². The van der Waals surface area contributed by atoms with Crippen molar-refractivity contribution in [2.24, 2.45) is 0 Å². The number of hydrogen-bond donors (Lipinski definition) is 1. The lowest BCUT2D eigenvalue weighted by molar-refractivity contribution is 0.592. The summed E-state index contributed by atoms with van der Waals surface area (Å²) < 4.78 is 25.5. The molecule has 1 heterocycles. The van der Waals surface area contributed by atoms with E-state index in [1.54, 1.807) is 12.1 Å². The van der Waals surface area contributed by atoms with Crippen molar-refractivity contribution in [3.63, 3.8) is 0 Å². The fraction of sp³-hybridized carbons (Fsp3) is 0.200. The molecule has 0 atom stereocenters. The third-order valence-electron chi connectivity index (χ3n) is 2.40. The number of aromatic nitrogens is 2. The first-order valence-corrected chi connectivity index (χ1v) is 7.31. The van der Waals surface area contributed by atoms with E-state index in [0.29, 0.717) is 5.69 Å². The molecule has 0 saturated carbocycles. The Morgan fingerprint density at radius 2 is 1.83 bits per heavy atom. The van der Waals surface area contributed by atoms with Crippen molar-refractivity contribution in [2.75, 3.05) is 17.1 Å². The van der Waals surface area contributed by atoms with Gasteiger partial charge in [-0.2, -0.15) is 8.42 Å². The van der Waals surface area contributed by atoms with Crippen LogP contribution in [0.3, 0.4) is 0 Å². The normalized spacial score (nSPS) is 11.4. The average molecular weight is 284 g/mol. The summed E-state index contributed by atoms with van der Waals surface area (Å²) in [5, 5.41) is 7.21. The first-order valence-electron chi connectivity index (χ1n) is 5.06. The zero-order chi connectivity index (χ0) is 13.3. The Hall–Kier alpha value is -1.67. The molecule has 8 heteroatoms. The Bertz CT molecular complexity index is 649. The molecule has 1 aromatic heterocycles. The second-order valence-electron chi connectivity index (χ2n) is 3.71. The molecule has 1 aromatic carbocycles. The summed E-state index contributed by atoms with van der Waals surface area (Å²) in [6.45, 7) is 1.93. The number of rotatable bonds is 3. The molecule has 0 amide bonds. The zero-order valence-electron chi connectivity index (χ0n) is 9.86. The minimum atomic E-state index is -3.69. The van der Waals surface area contributed by atoms with Gasteiger partial charge in [0, 0.05) is 7.05 Å². The standard InChI is InChI=1S/C10H12N4O2S2/c1-7-3-5-8(6-4-7)14(2)18(15,16)10-13-12-9(11)17-10/h3-6H,1-2H3,(H2,11,12). The number of nitrogens with two attached hydrogens (primary N) is 1. The van der Waals surface area contributed by atoms with Gasteiger partial charge in [0.25, 0.3) is 14.4 Å². The van der Waals surface area contributed by atoms with E-state index in [4.69, 9.17) is 5.73 Å². The third-order valence-corrected chi connectivity index (χ3v) is 5.28. The number of sulfonamides is 1. The van der Waals surface area contributed by atoms with Crippen molar-refractivity contribution in [3.8, 4) is 0 Å². The van der Waals surface area contributed by atoms with Crippen LogP contribution in [0.4, 0.5) is 10.8 Å². The largest absolute Gasteiger partial charge is 0.374 e. The molecule has 96 valence electrons. The molecule has 2 aromatic rings. The highest BCUT2D eigenvalue weighted by molar-refractivity contribution is 7.94. The van der Waals surface area contributed by atoms with E-state index < -0.39 is 10.0 Å². The number of aryl methyl sites for hydroxylation is 1. The molecule has 0 saturated heterocycles. The first-order chi connectivity index (χ1) is 8.41. The molecule has 0 radical (unpaired) electrons. The molecule has 0 aliphatic rings. The van der Waals surface area contributed by atoms with Crippen molar-refractivity contribution < 1.29 is 8.42 Å². The second kappa shape index (κ2) is 4.54. The SMILES string of the molecule is Cc1ccc(N(C)S(=O)(=O)c2nnc(N)s2)cc1. The van der Waals surface area contributed by atoms with Gasteiger partial charge in [0.1, 0.15) is 0 Å². The number of anilines is 2. The Morgan fingerprint density at radius 3 is 2.33 bits per heavy atom. The van der Waals surface area contributed by atoms with Crippen LogP contribution in [-0.4, -0.2) is 25.7 Å². The number of hydrogen-bond acceptors (Lipinski definition) is 6. The highest BCUT2D eigenvalue weighted by Crippen LogP contribution is 2.25. The van der Waals surface area contributed by atoms with Crippen molar-refractivity contribution in [3.05, 3.63) is 29.8 Å². The third kappa shape index (κ3) is 2.29. The van der Waals surface area contributed by atoms with Crippen molar-refractivity contribution in [2.45, 2.75) is 11.3 Å². The Morgan fingerprint density at radius 1 is 1.22 bits per heavy atom. The van der Waals surface area contributed by atoms with Gasteiger partial charge < -0.3 is 5.73 Å². The number of nitrogen functional groups attached to an aromatic ring is 1. The van der Waals surface area contributed by atoms with E-state index in [0.717, 1.165) is 21.2 Å². The summed E-state index contributed by atoms with van der Waals surface area (Å²) >= 11 is 0.847. The molecule has 0 unspecified atom stereocenters. The topological polar surface area (TPSA) is 89.2 Å². The molecule has 0 aliphatic carbocycles. The molecule has 2 N–H and O–H groups in total. The van der Waals surface area contributed by atoms with Gasteiger partial charge in [-0.1, -0.05) is 29.0 Å². The number of nitrogens with zero attached hydrogens (tertiary/aromatic N) is 3. The van der Waals surface area contributed by atoms with Gasteiger partial charge in [-0.3, -0.25) is 4.31 Å². The predicted octanol–water partition coefficient (Wildman–Crippen LogP) is 1.25. The zero-order valence-corrected chi connectivity index (χ0v) is 11.5. The Kier molecular flexibility index (Phi) is 3.22. The summed E-state index contributed by atoms with van der Waals surface area (Å²) in [6.07, 6.45) is 0. The van der Waals surface area contributed by atoms with E-state index in [1.807, 2.05) is 19.1 Å². The predicted molar refractivity (Wildman–Crippen MR) is 71.1 cm³/mol. The Balaban J connectivity index is 2.39. The van der Waals surface area contributed by atoms with Gasteiger partial charge >= 0.3 is 0 Å². The van der Waals surface area contributed by atoms with Crippen LogP contribution in [0, 0.1) is 6.92 Å². The van der Waals surface area contributed by atoms with Gasteiger partial charge in [-0.25, -0.2) is 0 Å². The molecule has 0 spiro atoms. The maximum Gasteiger partial charge on any atom is 0.293 e. The smallest absolute Gasteiger partial charge is 0.293 e. The van der Waals surface area contributed by atoms with Crippen LogP contribution in [0.1, 0.15) is 5.56 Å². The molecule has 0 bridgehead atoms. The lowest BCUT2D eigenvalue weighted by Crippen LogP contribution is -2.26. The van der Waals surface area contributed by atoms with Crippen LogP contribution in [0.5, 0.6) is 0 Å². The molecule has 18 heavy (non-hydrogen) atoms. The number of benzene rings is 1. The van der Waals surface area contributed by atoms with Crippen LogP contribution in [-0.2, 0) is 10.0 Å². The quantitative estimate of drug-likeness (QED) is 0.916. The van der Waals surface area contributed by atoms with Gasteiger partial charge in [-0.05, 0) is 19.1 Å². The van der Waals surface area contributed by atoms with E-state index >= 15 is 0 Å². The highest BCUT2D eigenvalue weighted by atomic mass is 32.2. The van der Waals surface area contributed by atoms with Gasteiger partial charge in [0.2, 0.25) is 5.13 Å². The van der Waals surface area contributed by atoms with E-state index in [-0.39, 0.29) is 9.47 Å². The van der Waals surface area contributed by atoms with Gasteiger partial charge in [-0.15, -0.1) is 10.2 Å². The summed E-state index contributed by atoms with van der Waals surface area (Å²) in [5.74, 6) is 0. The highest BCUT2D eigenvalue weighted by Gasteiger charge is 2.25. The fourth-order valence-electron chi connectivity index (χ4n) is 1.34. The van der Waals surface area contributed by atoms with E-state index in [2.05, 4.69) is 10.2 Å². The summed E-state index contributed by atoms with van der Waals surface area (Å²) in [7, 11) is -2.22. The van der Waals surface area contributed by atoms with Crippen LogP contribution in [0.15, 0.2) is 28.6 Å². The first kappa shape index (κ1) is 12.8. The van der Waals surface area contributed by atoms with Gasteiger partial charge in [0.15, 0.2) is 0 Å². The summed E-state index contributed by atoms with van der Waals surface area (Å²) in [6, 6.07) is 7.15. The van der Waals surface area contributed by atoms with Crippen LogP contribution >= 0.6 is 11.3 Å². The van der Waals surface area contributed by atoms with Crippen molar-refractivity contribution in [1.82, 2.24) is 10.2 Å². The molecule has 2 rings (SSSR count). The average Bonchev–Trinajstić information content (AvgIpc) is 2.76. The van der Waals surface area contributed by atoms with Crippen LogP contribution in [0.25, 0.3) is 0 Å². The lowest BCUT2D eigenvalue weighted by Gasteiger charge is -2.17. The molecule has 0 fully saturated rings. The minimum Gasteiger partial charge on any atom is -0.374 e. The van der Waals surface area contributed by atoms with Crippen molar-refractivity contribution in [1.29, 1.82) is 0 Å². The summed E-state index contributed by atoms with van der Waals surface area (Å²) in [5.41, 5.74) is 7.02. The van der Waals surface area contributed by atoms with E-state index in [1.165, 1.54) is 7.05 Å². The molecule has 6 nitrogen and oxygen atoms in total. The maximum atomic E-state index is 12.2. The maximum absolute atomic E-state index is 12.2. The second-order valence-corrected chi connectivity index (χ2v) is 6.87. The lowest BCUT2D eigenvalue weighted by atomic mass is 10.2. The minimum absolute atomic E-state index is 0.108.